The summed E-state index contributed by atoms with van der Waals surface area (Å²) < 4.78 is 7.17. The summed E-state index contributed by atoms with van der Waals surface area (Å²) >= 11 is 6.38. The van der Waals surface area contributed by atoms with Crippen LogP contribution in [0.25, 0.3) is 22.6 Å². The van der Waals surface area contributed by atoms with E-state index in [0.29, 0.717) is 23.9 Å². The molecule has 4 rings (SSSR count). The molecule has 0 saturated carbocycles. The summed E-state index contributed by atoms with van der Waals surface area (Å²) in [5.74, 6) is 1.43. The summed E-state index contributed by atoms with van der Waals surface area (Å²) in [4.78, 5) is 13.2. The molecular formula is C21H19ClN6O. The molecule has 0 unspecified atom stereocenters. The van der Waals surface area contributed by atoms with Crippen LogP contribution in [0.5, 0.6) is 5.75 Å². The minimum absolute atomic E-state index is 0.245. The molecule has 0 radical (unpaired) electrons. The van der Waals surface area contributed by atoms with Gasteiger partial charge in [0.15, 0.2) is 22.5 Å². The average Bonchev–Trinajstić information content (AvgIpc) is 3.19. The average molecular weight is 407 g/mol. The summed E-state index contributed by atoms with van der Waals surface area (Å²) in [6.45, 7) is 0.533. The molecule has 0 atom stereocenters. The monoisotopic (exact) mass is 406 g/mol. The molecule has 4 aromatic rings. The maximum atomic E-state index is 6.38. The number of aromatic nitrogens is 5. The van der Waals surface area contributed by atoms with Crippen LogP contribution in [0.15, 0.2) is 61.1 Å². The molecule has 0 aliphatic rings. The SMILES string of the molecule is COc1c(Cl)nc(-c2cccc(-c3ccn(C)n3)c2)nc1NCc1cccnc1. The van der Waals surface area contributed by atoms with Gasteiger partial charge >= 0.3 is 0 Å². The van der Waals surface area contributed by atoms with E-state index in [9.17, 15) is 0 Å². The number of nitrogens with one attached hydrogen (secondary N) is 1. The predicted molar refractivity (Wildman–Crippen MR) is 113 cm³/mol. The van der Waals surface area contributed by atoms with Crippen LogP contribution in [0, 0.1) is 0 Å². The third kappa shape index (κ3) is 4.20. The van der Waals surface area contributed by atoms with Crippen molar-refractivity contribution in [3.05, 3.63) is 71.8 Å². The van der Waals surface area contributed by atoms with Gasteiger partial charge in [-0.2, -0.15) is 5.10 Å². The van der Waals surface area contributed by atoms with Gasteiger partial charge in [-0.05, 0) is 23.8 Å². The number of hydrogen-bond acceptors (Lipinski definition) is 6. The van der Waals surface area contributed by atoms with Crippen LogP contribution >= 0.6 is 11.6 Å². The number of anilines is 1. The van der Waals surface area contributed by atoms with Crippen LogP contribution in [-0.2, 0) is 13.6 Å². The standard InChI is InChI=1S/C21H19ClN6O/c1-28-10-8-17(27-28)15-6-3-7-16(11-15)20-25-19(22)18(29-2)21(26-20)24-13-14-5-4-9-23-12-14/h3-12H,13H2,1-2H3,(H,24,25,26). The van der Waals surface area contributed by atoms with Gasteiger partial charge in [0.1, 0.15) is 0 Å². The Morgan fingerprint density at radius 3 is 2.69 bits per heavy atom. The number of methoxy groups -OCH3 is 1. The number of halogens is 1. The summed E-state index contributed by atoms with van der Waals surface area (Å²) in [5, 5.41) is 7.96. The lowest BCUT2D eigenvalue weighted by Gasteiger charge is -2.13. The highest BCUT2D eigenvalue weighted by Gasteiger charge is 2.15. The van der Waals surface area contributed by atoms with Crippen molar-refractivity contribution in [1.29, 1.82) is 0 Å². The largest absolute Gasteiger partial charge is 0.490 e. The van der Waals surface area contributed by atoms with Gasteiger partial charge in [0.05, 0.1) is 12.8 Å². The van der Waals surface area contributed by atoms with Crippen molar-refractivity contribution in [3.8, 4) is 28.4 Å². The second kappa shape index (κ2) is 8.28. The minimum Gasteiger partial charge on any atom is -0.490 e. The molecule has 146 valence electrons. The van der Waals surface area contributed by atoms with E-state index in [4.69, 9.17) is 16.3 Å². The van der Waals surface area contributed by atoms with Crippen molar-refractivity contribution >= 4 is 17.4 Å². The van der Waals surface area contributed by atoms with Crippen molar-refractivity contribution in [2.24, 2.45) is 7.05 Å². The molecule has 1 aromatic carbocycles. The fourth-order valence-corrected chi connectivity index (χ4v) is 3.17. The summed E-state index contributed by atoms with van der Waals surface area (Å²) in [6.07, 6.45) is 5.43. The molecule has 7 nitrogen and oxygen atoms in total. The summed E-state index contributed by atoms with van der Waals surface area (Å²) in [5.41, 5.74) is 3.71. The quantitative estimate of drug-likeness (QED) is 0.483. The van der Waals surface area contributed by atoms with Gasteiger partial charge in [0.25, 0.3) is 0 Å². The number of aryl methyl sites for hydroxylation is 1. The molecule has 0 amide bonds. The second-order valence-corrected chi connectivity index (χ2v) is 6.75. The van der Waals surface area contributed by atoms with Crippen LogP contribution in [-0.4, -0.2) is 31.8 Å². The van der Waals surface area contributed by atoms with Crippen molar-refractivity contribution in [3.63, 3.8) is 0 Å². The highest BCUT2D eigenvalue weighted by molar-refractivity contribution is 6.31. The topological polar surface area (TPSA) is 77.8 Å². The van der Waals surface area contributed by atoms with Gasteiger partial charge in [-0.1, -0.05) is 35.9 Å². The van der Waals surface area contributed by atoms with Crippen molar-refractivity contribution in [2.45, 2.75) is 6.54 Å². The molecule has 0 aliphatic carbocycles. The third-order valence-corrected chi connectivity index (χ3v) is 4.60. The van der Waals surface area contributed by atoms with Crippen molar-refractivity contribution in [1.82, 2.24) is 24.7 Å². The Kier molecular flexibility index (Phi) is 5.39. The lowest BCUT2D eigenvalue weighted by Crippen LogP contribution is -2.06. The highest BCUT2D eigenvalue weighted by atomic mass is 35.5. The van der Waals surface area contributed by atoms with E-state index < -0.39 is 0 Å². The van der Waals surface area contributed by atoms with Crippen LogP contribution in [0.3, 0.4) is 0 Å². The van der Waals surface area contributed by atoms with Gasteiger partial charge in [-0.3, -0.25) is 9.67 Å². The fraction of sp³-hybridized carbons (Fsp3) is 0.143. The van der Waals surface area contributed by atoms with E-state index in [2.05, 4.69) is 25.4 Å². The van der Waals surface area contributed by atoms with Crippen molar-refractivity contribution < 1.29 is 4.74 Å². The predicted octanol–water partition coefficient (Wildman–Crippen LogP) is 4.21. The number of hydrogen-bond donors (Lipinski definition) is 1. The van der Waals surface area contributed by atoms with Gasteiger partial charge < -0.3 is 10.1 Å². The Hall–Kier alpha value is -3.45. The number of ether oxygens (including phenoxy) is 1. The van der Waals surface area contributed by atoms with E-state index in [1.807, 2.05) is 55.7 Å². The lowest BCUT2D eigenvalue weighted by atomic mass is 10.1. The number of pyridine rings is 1. The van der Waals surface area contributed by atoms with E-state index >= 15 is 0 Å². The van der Waals surface area contributed by atoms with Gasteiger partial charge in [0.2, 0.25) is 0 Å². The van der Waals surface area contributed by atoms with Gasteiger partial charge in [-0.15, -0.1) is 0 Å². The van der Waals surface area contributed by atoms with Crippen molar-refractivity contribution in [2.75, 3.05) is 12.4 Å². The number of nitrogens with zero attached hydrogens (tertiary/aromatic N) is 5. The molecular weight excluding hydrogens is 388 g/mol. The maximum absolute atomic E-state index is 6.38. The first-order valence-corrected chi connectivity index (χ1v) is 9.36. The first-order chi connectivity index (χ1) is 14.1. The van der Waals surface area contributed by atoms with E-state index in [0.717, 1.165) is 22.4 Å². The molecule has 3 heterocycles. The van der Waals surface area contributed by atoms with E-state index in [1.54, 1.807) is 24.2 Å². The Bertz CT molecular complexity index is 1130. The van der Waals surface area contributed by atoms with E-state index in [1.165, 1.54) is 0 Å². The zero-order valence-electron chi connectivity index (χ0n) is 16.0. The van der Waals surface area contributed by atoms with Gasteiger partial charge in [-0.25, -0.2) is 9.97 Å². The normalized spacial score (nSPS) is 10.7. The number of benzene rings is 1. The van der Waals surface area contributed by atoms with Crippen LogP contribution in [0.1, 0.15) is 5.56 Å². The Labute approximate surface area is 173 Å². The van der Waals surface area contributed by atoms with E-state index in [-0.39, 0.29) is 5.15 Å². The second-order valence-electron chi connectivity index (χ2n) is 6.39. The fourth-order valence-electron chi connectivity index (χ4n) is 2.93. The highest BCUT2D eigenvalue weighted by Crippen LogP contribution is 2.33. The Morgan fingerprint density at radius 1 is 1.10 bits per heavy atom. The summed E-state index contributed by atoms with van der Waals surface area (Å²) in [7, 11) is 3.43. The zero-order valence-corrected chi connectivity index (χ0v) is 16.8. The molecule has 0 aliphatic heterocycles. The first kappa shape index (κ1) is 18.9. The maximum Gasteiger partial charge on any atom is 0.198 e. The Balaban J connectivity index is 1.68. The number of rotatable bonds is 6. The molecule has 3 aromatic heterocycles. The molecule has 0 spiro atoms. The molecule has 0 saturated heterocycles. The first-order valence-electron chi connectivity index (χ1n) is 8.99. The van der Waals surface area contributed by atoms with Crippen LogP contribution in [0.2, 0.25) is 5.15 Å². The smallest absolute Gasteiger partial charge is 0.198 e. The molecule has 1 N–H and O–H groups in total. The molecule has 0 bridgehead atoms. The lowest BCUT2D eigenvalue weighted by molar-refractivity contribution is 0.413. The van der Waals surface area contributed by atoms with Crippen LogP contribution in [0.4, 0.5) is 5.82 Å². The van der Waals surface area contributed by atoms with Gasteiger partial charge in [0, 0.05) is 43.3 Å². The molecule has 29 heavy (non-hydrogen) atoms. The summed E-state index contributed by atoms with van der Waals surface area (Å²) in [6, 6.07) is 13.7. The third-order valence-electron chi connectivity index (χ3n) is 4.34. The Morgan fingerprint density at radius 2 is 1.97 bits per heavy atom. The molecule has 8 heteroatoms. The zero-order chi connectivity index (χ0) is 20.2. The van der Waals surface area contributed by atoms with Crippen LogP contribution < -0.4 is 10.1 Å². The minimum atomic E-state index is 0.245. The molecule has 0 fully saturated rings.